The Kier molecular flexibility index (Phi) is 8.33. The van der Waals surface area contributed by atoms with Crippen LogP contribution < -0.4 is 10.6 Å². The van der Waals surface area contributed by atoms with Crippen molar-refractivity contribution in [1.82, 2.24) is 10.6 Å². The van der Waals surface area contributed by atoms with Crippen LogP contribution in [0.25, 0.3) is 0 Å². The van der Waals surface area contributed by atoms with E-state index in [2.05, 4.69) is 10.6 Å². The number of methoxy groups -OCH3 is 2. The van der Waals surface area contributed by atoms with E-state index in [1.165, 1.54) is 7.11 Å². The highest BCUT2D eigenvalue weighted by Gasteiger charge is 2.26. The van der Waals surface area contributed by atoms with Crippen LogP contribution in [-0.2, 0) is 30.3 Å². The maximum Gasteiger partial charge on any atom is 0.408 e. The Bertz CT molecular complexity index is 568. The van der Waals surface area contributed by atoms with E-state index in [9.17, 15) is 9.59 Å². The highest BCUT2D eigenvalue weighted by atomic mass is 16.6. The molecule has 0 saturated carbocycles. The Morgan fingerprint density at radius 2 is 2.00 bits per heavy atom. The number of esters is 1. The molecule has 1 aliphatic heterocycles. The van der Waals surface area contributed by atoms with Crippen LogP contribution >= 0.6 is 0 Å². The molecule has 0 spiro atoms. The Morgan fingerprint density at radius 1 is 1.23 bits per heavy atom. The molecule has 2 rings (SSSR count). The van der Waals surface area contributed by atoms with E-state index in [0.717, 1.165) is 18.4 Å². The SMILES string of the molecule is COC(=O)[C@H](COC[C@@H]1CCC(OC)N1)NC(=O)OCc1ccccc1. The number of nitrogens with one attached hydrogen (secondary N) is 2. The summed E-state index contributed by atoms with van der Waals surface area (Å²) < 4.78 is 20.6. The van der Waals surface area contributed by atoms with Crippen molar-refractivity contribution in [3.05, 3.63) is 35.9 Å². The number of hydrogen-bond acceptors (Lipinski definition) is 7. The van der Waals surface area contributed by atoms with Crippen LogP contribution in [0, 0.1) is 0 Å². The van der Waals surface area contributed by atoms with Gasteiger partial charge in [-0.25, -0.2) is 9.59 Å². The molecule has 1 amide bonds. The second-order valence-electron chi connectivity index (χ2n) is 5.98. The minimum Gasteiger partial charge on any atom is -0.467 e. The van der Waals surface area contributed by atoms with Crippen LogP contribution in [0.4, 0.5) is 4.79 Å². The van der Waals surface area contributed by atoms with Gasteiger partial charge in [0.25, 0.3) is 0 Å². The summed E-state index contributed by atoms with van der Waals surface area (Å²) in [5.74, 6) is -0.587. The lowest BCUT2D eigenvalue weighted by atomic mass is 10.2. The van der Waals surface area contributed by atoms with E-state index in [1.807, 2.05) is 30.3 Å². The lowest BCUT2D eigenvalue weighted by Crippen LogP contribution is -2.45. The van der Waals surface area contributed by atoms with Crippen LogP contribution in [0.2, 0.25) is 0 Å². The van der Waals surface area contributed by atoms with Crippen molar-refractivity contribution in [2.75, 3.05) is 27.4 Å². The molecule has 0 bridgehead atoms. The molecule has 0 aliphatic carbocycles. The molecule has 26 heavy (non-hydrogen) atoms. The molecule has 1 unspecified atom stereocenters. The van der Waals surface area contributed by atoms with Gasteiger partial charge in [0.1, 0.15) is 12.8 Å². The van der Waals surface area contributed by atoms with E-state index in [1.54, 1.807) is 7.11 Å². The highest BCUT2D eigenvalue weighted by molar-refractivity contribution is 5.81. The van der Waals surface area contributed by atoms with E-state index in [0.29, 0.717) is 6.61 Å². The molecule has 0 radical (unpaired) electrons. The Hall–Kier alpha value is -2.16. The first kappa shape index (κ1) is 20.2. The molecule has 1 aromatic rings. The van der Waals surface area contributed by atoms with Crippen LogP contribution in [0.1, 0.15) is 18.4 Å². The van der Waals surface area contributed by atoms with Crippen LogP contribution in [0.3, 0.4) is 0 Å². The summed E-state index contributed by atoms with van der Waals surface area (Å²) >= 11 is 0. The van der Waals surface area contributed by atoms with Crippen LogP contribution in [-0.4, -0.2) is 57.8 Å². The molecule has 8 heteroatoms. The minimum absolute atomic E-state index is 0.00292. The third-order valence-electron chi connectivity index (χ3n) is 4.08. The summed E-state index contributed by atoms with van der Waals surface area (Å²) in [6.45, 7) is 0.531. The van der Waals surface area contributed by atoms with Crippen molar-refractivity contribution in [3.63, 3.8) is 0 Å². The van der Waals surface area contributed by atoms with Gasteiger partial charge in [0.2, 0.25) is 0 Å². The summed E-state index contributed by atoms with van der Waals surface area (Å²) in [7, 11) is 2.91. The molecule has 1 saturated heterocycles. The van der Waals surface area contributed by atoms with Crippen molar-refractivity contribution in [3.8, 4) is 0 Å². The molecule has 1 heterocycles. The molecular formula is C18H26N2O6. The quantitative estimate of drug-likeness (QED) is 0.634. The average Bonchev–Trinajstić information content (AvgIpc) is 3.13. The number of carbonyl (C=O) groups is 2. The average molecular weight is 366 g/mol. The van der Waals surface area contributed by atoms with E-state index in [-0.39, 0.29) is 25.5 Å². The third kappa shape index (κ3) is 6.62. The molecule has 1 aromatic carbocycles. The van der Waals surface area contributed by atoms with Crippen LogP contribution in [0.5, 0.6) is 0 Å². The zero-order valence-corrected chi connectivity index (χ0v) is 15.1. The predicted octanol–water partition coefficient (Wildman–Crippen LogP) is 1.20. The second-order valence-corrected chi connectivity index (χ2v) is 5.98. The number of benzene rings is 1. The lowest BCUT2D eigenvalue weighted by Gasteiger charge is -2.18. The van der Waals surface area contributed by atoms with E-state index < -0.39 is 18.1 Å². The molecule has 0 aromatic heterocycles. The normalized spacial score (nSPS) is 20.4. The van der Waals surface area contributed by atoms with E-state index >= 15 is 0 Å². The first-order valence-electron chi connectivity index (χ1n) is 8.54. The van der Waals surface area contributed by atoms with Gasteiger partial charge < -0.3 is 24.3 Å². The fourth-order valence-electron chi connectivity index (χ4n) is 2.65. The first-order valence-corrected chi connectivity index (χ1v) is 8.54. The number of hydrogen-bond donors (Lipinski definition) is 2. The minimum atomic E-state index is -0.928. The zero-order valence-electron chi connectivity index (χ0n) is 15.1. The second kappa shape index (κ2) is 10.7. The van der Waals surface area contributed by atoms with Gasteiger partial charge in [0.05, 0.1) is 20.3 Å². The van der Waals surface area contributed by atoms with E-state index in [4.69, 9.17) is 18.9 Å². The molecule has 8 nitrogen and oxygen atoms in total. The standard InChI is InChI=1S/C18H26N2O6/c1-23-16-9-8-14(19-16)11-25-12-15(17(21)24-2)20-18(22)26-10-13-6-4-3-5-7-13/h3-7,14-16,19H,8-12H2,1-2H3,(H,20,22)/t14-,15-,16?/m0/s1. The van der Waals surface area contributed by atoms with Gasteiger partial charge in [-0.05, 0) is 18.4 Å². The van der Waals surface area contributed by atoms with Crippen molar-refractivity contribution in [1.29, 1.82) is 0 Å². The Morgan fingerprint density at radius 3 is 2.65 bits per heavy atom. The summed E-state index contributed by atoms with van der Waals surface area (Å²) in [6.07, 6.45) is 1.17. The molecule has 2 N–H and O–H groups in total. The highest BCUT2D eigenvalue weighted by Crippen LogP contribution is 2.13. The molecule has 144 valence electrons. The molecule has 3 atom stereocenters. The van der Waals surface area contributed by atoms with Gasteiger partial charge in [-0.1, -0.05) is 30.3 Å². The lowest BCUT2D eigenvalue weighted by molar-refractivity contribution is -0.144. The summed E-state index contributed by atoms with van der Waals surface area (Å²) in [4.78, 5) is 23.8. The van der Waals surface area contributed by atoms with Crippen LogP contribution in [0.15, 0.2) is 30.3 Å². The summed E-state index contributed by atoms with van der Waals surface area (Å²) in [6, 6.07) is 8.50. The monoisotopic (exact) mass is 366 g/mol. The van der Waals surface area contributed by atoms with Crippen molar-refractivity contribution < 1.29 is 28.5 Å². The summed E-state index contributed by atoms with van der Waals surface area (Å²) in [5, 5.41) is 5.74. The van der Waals surface area contributed by atoms with Crippen molar-refractivity contribution in [2.24, 2.45) is 0 Å². The molecular weight excluding hydrogens is 340 g/mol. The van der Waals surface area contributed by atoms with Gasteiger partial charge in [-0.3, -0.25) is 5.32 Å². The number of rotatable bonds is 9. The Balaban J connectivity index is 1.73. The fraction of sp³-hybridized carbons (Fsp3) is 0.556. The van der Waals surface area contributed by atoms with Crippen molar-refractivity contribution >= 4 is 12.1 Å². The predicted molar refractivity (Wildman–Crippen MR) is 93.3 cm³/mol. The largest absolute Gasteiger partial charge is 0.467 e. The van der Waals surface area contributed by atoms with Gasteiger partial charge in [-0.2, -0.15) is 0 Å². The van der Waals surface area contributed by atoms with Gasteiger partial charge in [0, 0.05) is 13.2 Å². The zero-order chi connectivity index (χ0) is 18.8. The van der Waals surface area contributed by atoms with Crippen molar-refractivity contribution in [2.45, 2.75) is 37.8 Å². The number of ether oxygens (including phenoxy) is 4. The molecule has 1 aliphatic rings. The fourth-order valence-corrected chi connectivity index (χ4v) is 2.65. The smallest absolute Gasteiger partial charge is 0.408 e. The Labute approximate surface area is 153 Å². The van der Waals surface area contributed by atoms with Gasteiger partial charge >= 0.3 is 12.1 Å². The first-order chi connectivity index (χ1) is 12.6. The van der Waals surface area contributed by atoms with Gasteiger partial charge in [0.15, 0.2) is 6.04 Å². The maximum absolute atomic E-state index is 11.9. The third-order valence-corrected chi connectivity index (χ3v) is 4.08. The maximum atomic E-state index is 11.9. The topological polar surface area (TPSA) is 95.1 Å². The number of carbonyl (C=O) groups excluding carboxylic acids is 2. The number of amides is 1. The molecule has 1 fully saturated rings. The summed E-state index contributed by atoms with van der Waals surface area (Å²) in [5.41, 5.74) is 0.855. The van der Waals surface area contributed by atoms with Gasteiger partial charge in [-0.15, -0.1) is 0 Å². The number of alkyl carbamates (subject to hydrolysis) is 1.